The molecule has 0 radical (unpaired) electrons. The molecule has 3 aromatic heterocycles. The van der Waals surface area contributed by atoms with Gasteiger partial charge in [-0.1, -0.05) is 13.8 Å². The second-order valence-electron chi connectivity index (χ2n) is 11.4. The van der Waals surface area contributed by atoms with E-state index in [1.165, 1.54) is 29.4 Å². The van der Waals surface area contributed by atoms with Gasteiger partial charge in [0.2, 0.25) is 17.7 Å². The average molecular weight is 608 g/mol. The van der Waals surface area contributed by atoms with Crippen molar-refractivity contribution in [2.24, 2.45) is 23.2 Å². The number of likely N-dealkylation sites (tertiary alicyclic amines) is 1. The average Bonchev–Trinajstić information content (AvgIpc) is 3.15. The summed E-state index contributed by atoms with van der Waals surface area (Å²) in [7, 11) is 0. The van der Waals surface area contributed by atoms with E-state index in [9.17, 15) is 27.6 Å². The zero-order valence-electron chi connectivity index (χ0n) is 22.6. The predicted molar refractivity (Wildman–Crippen MR) is 150 cm³/mol. The molecule has 2 unspecified atom stereocenters. The lowest BCUT2D eigenvalue weighted by atomic mass is 9.96. The van der Waals surface area contributed by atoms with Gasteiger partial charge in [-0.2, -0.15) is 13.2 Å². The lowest BCUT2D eigenvalue weighted by Gasteiger charge is -2.23. The Labute approximate surface area is 244 Å². The number of carbonyl (C=O) groups is 3. The molecule has 13 heteroatoms. The normalized spacial score (nSPS) is 22.0. The van der Waals surface area contributed by atoms with Gasteiger partial charge in [-0.25, -0.2) is 4.98 Å². The number of halogens is 4. The van der Waals surface area contributed by atoms with E-state index in [1.54, 1.807) is 12.1 Å². The van der Waals surface area contributed by atoms with Gasteiger partial charge >= 0.3 is 6.18 Å². The van der Waals surface area contributed by atoms with Gasteiger partial charge in [0.25, 0.3) is 0 Å². The number of carbonyl (C=O) groups excluding carboxylic acids is 3. The Morgan fingerprint density at radius 2 is 1.80 bits per heavy atom. The summed E-state index contributed by atoms with van der Waals surface area (Å²) in [6.07, 6.45) is -1.92. The van der Waals surface area contributed by atoms with E-state index in [1.807, 2.05) is 13.8 Å². The van der Waals surface area contributed by atoms with Crippen LogP contribution in [0.5, 0.6) is 0 Å². The molecule has 3 aromatic rings. The number of nitrogens with one attached hydrogen (secondary N) is 2. The van der Waals surface area contributed by atoms with Crippen LogP contribution in [0, 0.1) is 30.1 Å². The number of imide groups is 1. The minimum absolute atomic E-state index is 0. The minimum atomic E-state index is -4.69. The first-order chi connectivity index (χ1) is 18.9. The predicted octanol–water partition coefficient (Wildman–Crippen LogP) is 5.19. The van der Waals surface area contributed by atoms with Crippen molar-refractivity contribution < 1.29 is 27.6 Å². The van der Waals surface area contributed by atoms with E-state index in [0.717, 1.165) is 6.07 Å². The molecule has 1 aliphatic carbocycles. The third kappa shape index (κ3) is 4.99. The lowest BCUT2D eigenvalue weighted by molar-refractivity contribution is -0.144. The van der Waals surface area contributed by atoms with Crippen molar-refractivity contribution in [3.05, 3.63) is 40.7 Å². The number of rotatable bonds is 5. The maximum Gasteiger partial charge on any atom is 0.433 e. The quantitative estimate of drug-likeness (QED) is 0.387. The van der Waals surface area contributed by atoms with Crippen LogP contribution in [0.3, 0.4) is 0 Å². The molecule has 6 rings (SSSR count). The van der Waals surface area contributed by atoms with Gasteiger partial charge < -0.3 is 10.6 Å². The van der Waals surface area contributed by atoms with Crippen LogP contribution in [0.4, 0.5) is 18.9 Å². The standard InChI is InChI=1S/C28H28F3N5O3S.ClH/c1-13-22(35-24(37)14-4-7-32-8-5-14)17(11-19(34-13)28(29,30)31)16-6-9-33-18-10-15(40-23(16)18)12-36-25(38)20-21(26(36)39)27(20,2)3;/h6,9-11,14,20-21,32H,4-5,7-8,12H2,1-3H3,(H,35,37);1H. The third-order valence-electron chi connectivity index (χ3n) is 8.41. The Bertz CT molecular complexity index is 1540. The third-order valence-corrected chi connectivity index (χ3v) is 9.55. The zero-order chi connectivity index (χ0) is 28.6. The minimum Gasteiger partial charge on any atom is -0.324 e. The summed E-state index contributed by atoms with van der Waals surface area (Å²) in [4.78, 5) is 49.0. The maximum absolute atomic E-state index is 13.8. The fraction of sp³-hybridized carbons (Fsp3) is 0.464. The van der Waals surface area contributed by atoms with Crippen LogP contribution in [0.2, 0.25) is 0 Å². The molecule has 2 aliphatic heterocycles. The molecule has 1 saturated carbocycles. The van der Waals surface area contributed by atoms with Gasteiger partial charge in [0, 0.05) is 28.1 Å². The van der Waals surface area contributed by atoms with Crippen molar-refractivity contribution in [1.29, 1.82) is 0 Å². The van der Waals surface area contributed by atoms with Crippen LogP contribution < -0.4 is 10.6 Å². The molecule has 8 nitrogen and oxygen atoms in total. The number of piperidine rings is 2. The van der Waals surface area contributed by atoms with Crippen LogP contribution in [-0.2, 0) is 27.1 Å². The summed E-state index contributed by atoms with van der Waals surface area (Å²) < 4.78 is 42.1. The first-order valence-electron chi connectivity index (χ1n) is 13.2. The van der Waals surface area contributed by atoms with Crippen LogP contribution in [0.15, 0.2) is 24.4 Å². The number of amides is 3. The number of hydrogen-bond donors (Lipinski definition) is 2. The van der Waals surface area contributed by atoms with Crippen molar-refractivity contribution in [3.63, 3.8) is 0 Å². The number of nitrogens with zero attached hydrogens (tertiary/aromatic N) is 3. The number of aromatic nitrogens is 2. The van der Waals surface area contributed by atoms with Crippen molar-refractivity contribution in [2.45, 2.75) is 46.3 Å². The van der Waals surface area contributed by atoms with Crippen LogP contribution in [0.1, 0.15) is 43.0 Å². The number of anilines is 1. The van der Waals surface area contributed by atoms with Gasteiger partial charge in [0.05, 0.1) is 40.0 Å². The van der Waals surface area contributed by atoms with Crippen molar-refractivity contribution in [3.8, 4) is 11.1 Å². The highest BCUT2D eigenvalue weighted by Crippen LogP contribution is 2.63. The topological polar surface area (TPSA) is 104 Å². The van der Waals surface area contributed by atoms with Gasteiger partial charge in [-0.15, -0.1) is 23.7 Å². The summed E-state index contributed by atoms with van der Waals surface area (Å²) >= 11 is 1.27. The maximum atomic E-state index is 13.8. The Morgan fingerprint density at radius 3 is 2.44 bits per heavy atom. The Hall–Kier alpha value is -3.09. The molecule has 218 valence electrons. The highest BCUT2D eigenvalue weighted by atomic mass is 35.5. The monoisotopic (exact) mass is 607 g/mol. The molecule has 2 atom stereocenters. The number of aryl methyl sites for hydroxylation is 1. The Balaban J connectivity index is 0.00000337. The van der Waals surface area contributed by atoms with Crippen molar-refractivity contribution in [1.82, 2.24) is 20.2 Å². The molecular formula is C28H29ClF3N5O3S. The summed E-state index contributed by atoms with van der Waals surface area (Å²) in [6, 6.07) is 4.33. The van der Waals surface area contributed by atoms with E-state index in [0.29, 0.717) is 46.6 Å². The van der Waals surface area contributed by atoms with Crippen LogP contribution >= 0.6 is 23.7 Å². The molecule has 2 N–H and O–H groups in total. The summed E-state index contributed by atoms with van der Waals surface area (Å²) in [5.41, 5.74) is 0.0944. The SMILES string of the molecule is Cc1nc(C(F)(F)F)cc(-c2ccnc3cc(CN4C(=O)C5C(C4=O)C5(C)C)sc23)c1NC(=O)C1CCNCC1.Cl. The van der Waals surface area contributed by atoms with Crippen molar-refractivity contribution >= 4 is 57.4 Å². The molecular weight excluding hydrogens is 579 g/mol. The Kier molecular flexibility index (Phi) is 7.40. The first-order valence-corrected chi connectivity index (χ1v) is 14.0. The first kappa shape index (κ1) is 29.4. The number of fused-ring (bicyclic) bond motifs is 2. The van der Waals surface area contributed by atoms with E-state index in [2.05, 4.69) is 20.6 Å². The van der Waals surface area contributed by atoms with Gasteiger partial charge in [-0.05, 0) is 56.5 Å². The Morgan fingerprint density at radius 1 is 1.15 bits per heavy atom. The molecule has 0 aromatic carbocycles. The highest BCUT2D eigenvalue weighted by Gasteiger charge is 2.72. The molecule has 0 spiro atoms. The summed E-state index contributed by atoms with van der Waals surface area (Å²) in [5, 5.41) is 6.07. The summed E-state index contributed by atoms with van der Waals surface area (Å²) in [5.74, 6) is -1.48. The van der Waals surface area contributed by atoms with Gasteiger partial charge in [0.1, 0.15) is 5.69 Å². The fourth-order valence-corrected chi connectivity index (χ4v) is 7.22. The van der Waals surface area contributed by atoms with Crippen molar-refractivity contribution in [2.75, 3.05) is 18.4 Å². The van der Waals surface area contributed by atoms with Gasteiger partial charge in [-0.3, -0.25) is 24.3 Å². The number of pyridine rings is 2. The molecule has 3 aliphatic rings. The smallest absolute Gasteiger partial charge is 0.324 e. The second kappa shape index (κ2) is 10.3. The highest BCUT2D eigenvalue weighted by molar-refractivity contribution is 7.19. The fourth-order valence-electron chi connectivity index (χ4n) is 6.09. The molecule has 2 saturated heterocycles. The lowest BCUT2D eigenvalue weighted by Crippen LogP contribution is -2.35. The van der Waals surface area contributed by atoms with E-state index in [4.69, 9.17) is 0 Å². The molecule has 0 bridgehead atoms. The number of thiophene rings is 1. The molecule has 41 heavy (non-hydrogen) atoms. The number of alkyl halides is 3. The van der Waals surface area contributed by atoms with E-state index >= 15 is 0 Å². The van der Waals surface area contributed by atoms with E-state index in [-0.39, 0.29) is 76.8 Å². The zero-order valence-corrected chi connectivity index (χ0v) is 24.2. The van der Waals surface area contributed by atoms with Crippen LogP contribution in [0.25, 0.3) is 21.3 Å². The van der Waals surface area contributed by atoms with Crippen LogP contribution in [-0.4, -0.2) is 45.7 Å². The largest absolute Gasteiger partial charge is 0.433 e. The second-order valence-corrected chi connectivity index (χ2v) is 12.5. The van der Waals surface area contributed by atoms with Gasteiger partial charge in [0.15, 0.2) is 0 Å². The van der Waals surface area contributed by atoms with E-state index < -0.39 is 11.9 Å². The molecule has 5 heterocycles. The molecule has 3 fully saturated rings. The number of hydrogen-bond acceptors (Lipinski definition) is 7. The summed E-state index contributed by atoms with van der Waals surface area (Å²) in [6.45, 7) is 6.76. The molecule has 3 amide bonds.